The second kappa shape index (κ2) is 21.0. The highest BCUT2D eigenvalue weighted by molar-refractivity contribution is 8.00. The van der Waals surface area contributed by atoms with E-state index >= 15 is 4.39 Å². The SMILES string of the molecule is CC(OC(=O)CCC(=O)N(C)CCC(=O)O)OC(=O)O[C@@](Cn1cncn1)(c1ccc(F)cc1F)[C@@H](C)SC1COC(/C=C/C=C/c2ccc(C#N)cc2F)OC1. The van der Waals surface area contributed by atoms with E-state index in [-0.39, 0.29) is 55.8 Å². The summed E-state index contributed by atoms with van der Waals surface area (Å²) in [5.74, 6) is -4.96. The number of rotatable bonds is 18. The third kappa shape index (κ3) is 13.2. The predicted molar refractivity (Wildman–Crippen MR) is 196 cm³/mol. The fourth-order valence-corrected chi connectivity index (χ4v) is 6.85. The topological polar surface area (TPSA) is 192 Å². The second-order valence-electron chi connectivity index (χ2n) is 12.6. The van der Waals surface area contributed by atoms with Crippen molar-refractivity contribution in [2.24, 2.45) is 0 Å². The van der Waals surface area contributed by atoms with Crippen LogP contribution in [0.15, 0.2) is 67.3 Å². The molecule has 1 aromatic heterocycles. The van der Waals surface area contributed by atoms with Gasteiger partial charge in [-0.2, -0.15) is 10.4 Å². The zero-order valence-corrected chi connectivity index (χ0v) is 31.9. The van der Waals surface area contributed by atoms with E-state index in [1.165, 1.54) is 61.3 Å². The zero-order valence-electron chi connectivity index (χ0n) is 31.1. The van der Waals surface area contributed by atoms with Gasteiger partial charge in [-0.15, -0.1) is 11.8 Å². The highest BCUT2D eigenvalue weighted by Crippen LogP contribution is 2.42. The fourth-order valence-electron chi connectivity index (χ4n) is 5.49. The molecule has 2 heterocycles. The molecule has 2 aromatic carbocycles. The third-order valence-electron chi connectivity index (χ3n) is 8.44. The third-order valence-corrected chi connectivity index (χ3v) is 9.88. The highest BCUT2D eigenvalue weighted by atomic mass is 32.2. The molecule has 3 aromatic rings. The summed E-state index contributed by atoms with van der Waals surface area (Å²) in [4.78, 5) is 54.0. The summed E-state index contributed by atoms with van der Waals surface area (Å²) >= 11 is 1.22. The van der Waals surface area contributed by atoms with Crippen LogP contribution in [-0.4, -0.2) is 98.7 Å². The van der Waals surface area contributed by atoms with Crippen LogP contribution in [0.25, 0.3) is 6.08 Å². The molecule has 1 unspecified atom stereocenters. The molecule has 0 radical (unpaired) electrons. The summed E-state index contributed by atoms with van der Waals surface area (Å²) in [6, 6.07) is 8.76. The quantitative estimate of drug-likeness (QED) is 0.0982. The van der Waals surface area contributed by atoms with Crippen LogP contribution in [-0.2, 0) is 50.2 Å². The van der Waals surface area contributed by atoms with Gasteiger partial charge < -0.3 is 33.7 Å². The van der Waals surface area contributed by atoms with Crippen LogP contribution >= 0.6 is 11.8 Å². The number of thioether (sulfide) groups is 1. The van der Waals surface area contributed by atoms with E-state index in [1.54, 1.807) is 25.2 Å². The van der Waals surface area contributed by atoms with Crippen LogP contribution in [0.3, 0.4) is 0 Å². The van der Waals surface area contributed by atoms with Crippen molar-refractivity contribution in [3.63, 3.8) is 0 Å². The highest BCUT2D eigenvalue weighted by Gasteiger charge is 2.47. The summed E-state index contributed by atoms with van der Waals surface area (Å²) in [6.07, 6.45) is 4.20. The summed E-state index contributed by atoms with van der Waals surface area (Å²) in [7, 11) is 1.39. The van der Waals surface area contributed by atoms with E-state index < -0.39 is 76.6 Å². The molecule has 1 amide bonds. The lowest BCUT2D eigenvalue weighted by molar-refractivity contribution is -0.172. The summed E-state index contributed by atoms with van der Waals surface area (Å²) in [5.41, 5.74) is -1.69. The van der Waals surface area contributed by atoms with Crippen LogP contribution in [0.4, 0.5) is 18.0 Å². The number of halogens is 3. The van der Waals surface area contributed by atoms with E-state index in [0.29, 0.717) is 6.07 Å². The molecule has 0 saturated carbocycles. The Morgan fingerprint density at radius 1 is 1.07 bits per heavy atom. The number of carboxylic acid groups (broad SMARTS) is 1. The number of benzene rings is 2. The molecule has 1 fully saturated rings. The van der Waals surface area contributed by atoms with Gasteiger partial charge in [0.05, 0.1) is 49.5 Å². The van der Waals surface area contributed by atoms with Crippen LogP contribution in [0.1, 0.15) is 49.8 Å². The minimum atomic E-state index is -1.95. The number of allylic oxidation sites excluding steroid dienone is 2. The Morgan fingerprint density at radius 3 is 2.47 bits per heavy atom. The van der Waals surface area contributed by atoms with E-state index in [9.17, 15) is 28.0 Å². The molecule has 57 heavy (non-hydrogen) atoms. The van der Waals surface area contributed by atoms with E-state index in [1.807, 2.05) is 6.07 Å². The Labute approximate surface area is 330 Å². The van der Waals surface area contributed by atoms with Crippen molar-refractivity contribution in [1.29, 1.82) is 5.26 Å². The number of carboxylic acids is 1. The molecule has 1 aliphatic rings. The van der Waals surface area contributed by atoms with Crippen LogP contribution in [0.5, 0.6) is 0 Å². The minimum Gasteiger partial charge on any atom is -0.481 e. The van der Waals surface area contributed by atoms with Crippen molar-refractivity contribution in [1.82, 2.24) is 19.7 Å². The molecule has 19 heteroatoms. The number of aromatic nitrogens is 3. The van der Waals surface area contributed by atoms with Gasteiger partial charge in [0.2, 0.25) is 12.2 Å². The molecule has 15 nitrogen and oxygen atoms in total. The largest absolute Gasteiger partial charge is 0.512 e. The Balaban J connectivity index is 1.44. The van der Waals surface area contributed by atoms with Crippen molar-refractivity contribution < 1.29 is 61.1 Å². The number of carbonyl (C=O) groups is 4. The summed E-state index contributed by atoms with van der Waals surface area (Å²) < 4.78 is 73.3. The molecule has 4 rings (SSSR count). The lowest BCUT2D eigenvalue weighted by atomic mass is 9.89. The van der Waals surface area contributed by atoms with E-state index in [4.69, 9.17) is 34.1 Å². The van der Waals surface area contributed by atoms with Crippen molar-refractivity contribution >= 4 is 41.8 Å². The summed E-state index contributed by atoms with van der Waals surface area (Å²) in [5, 5.41) is 20.6. The average Bonchev–Trinajstić information content (AvgIpc) is 3.68. The number of carbonyl (C=O) groups excluding carboxylic acids is 3. The first-order valence-corrected chi connectivity index (χ1v) is 18.4. The maximum Gasteiger partial charge on any atom is 0.512 e. The molecular weight excluding hydrogens is 776 g/mol. The first-order valence-electron chi connectivity index (χ1n) is 17.4. The van der Waals surface area contributed by atoms with E-state index in [2.05, 4.69) is 10.1 Å². The van der Waals surface area contributed by atoms with Gasteiger partial charge in [-0.05, 0) is 37.3 Å². The first-order chi connectivity index (χ1) is 27.2. The average molecular weight is 816 g/mol. The number of nitrogens with zero attached hydrogens (tertiary/aromatic N) is 5. The smallest absolute Gasteiger partial charge is 0.481 e. The molecule has 1 aliphatic heterocycles. The monoisotopic (exact) mass is 815 g/mol. The van der Waals surface area contributed by atoms with Crippen LogP contribution in [0, 0.1) is 28.8 Å². The Morgan fingerprint density at radius 2 is 1.82 bits per heavy atom. The lowest BCUT2D eigenvalue weighted by Gasteiger charge is -2.40. The first kappa shape index (κ1) is 44.0. The molecule has 1 saturated heterocycles. The van der Waals surface area contributed by atoms with Gasteiger partial charge in [-0.1, -0.05) is 24.3 Å². The number of hydrogen-bond donors (Lipinski definition) is 1. The number of hydrogen-bond acceptors (Lipinski definition) is 13. The second-order valence-corrected chi connectivity index (χ2v) is 14.3. The van der Waals surface area contributed by atoms with E-state index in [0.717, 1.165) is 23.1 Å². The molecular formula is C38H40F3N5O10S. The van der Waals surface area contributed by atoms with Crippen molar-refractivity contribution in [2.45, 2.75) is 68.3 Å². The normalized spacial score (nSPS) is 17.6. The number of amides is 1. The van der Waals surface area contributed by atoms with Crippen LogP contribution in [0.2, 0.25) is 0 Å². The standard InChI is InChI=1S/C38H40F3N5O10S/c1-24(57-29-19-52-36(53-20-29)7-5-4-6-27-9-8-26(18-42)16-31(27)40)38(21-46-23-43-22-44-46,30-11-10-28(39)17-32(30)41)56-37(51)55-25(2)54-35(50)13-12-33(47)45(3)15-14-34(48)49/h4-11,16-17,22-25,29,36H,12-15,19-21H2,1-3H3,(H,48,49)/b6-4+,7-5+/t24-,25?,29?,36?,38-/m1/s1. The van der Waals surface area contributed by atoms with Gasteiger partial charge in [0.25, 0.3) is 0 Å². The lowest BCUT2D eigenvalue weighted by Crippen LogP contribution is -2.47. The maximum absolute atomic E-state index is 15.7. The van der Waals surface area contributed by atoms with Gasteiger partial charge in [0.1, 0.15) is 30.1 Å². The summed E-state index contributed by atoms with van der Waals surface area (Å²) in [6.45, 7) is 2.76. The Kier molecular flexibility index (Phi) is 16.2. The predicted octanol–water partition coefficient (Wildman–Crippen LogP) is 5.35. The molecule has 304 valence electrons. The fraction of sp³-hybridized carbons (Fsp3) is 0.395. The molecule has 1 N–H and O–H groups in total. The Hall–Kier alpha value is -5.71. The number of ether oxygens (including phenoxy) is 5. The molecule has 0 bridgehead atoms. The van der Waals surface area contributed by atoms with Crippen LogP contribution < -0.4 is 0 Å². The zero-order chi connectivity index (χ0) is 41.5. The van der Waals surface area contributed by atoms with Gasteiger partial charge in [0.15, 0.2) is 11.9 Å². The number of aliphatic carboxylic acids is 1. The Bertz CT molecular complexity index is 1970. The van der Waals surface area contributed by atoms with Crippen molar-refractivity contribution in [2.75, 3.05) is 26.8 Å². The maximum atomic E-state index is 15.7. The van der Waals surface area contributed by atoms with Gasteiger partial charge in [0, 0.05) is 49.4 Å². The van der Waals surface area contributed by atoms with Gasteiger partial charge in [-0.3, -0.25) is 14.4 Å². The van der Waals surface area contributed by atoms with Crippen molar-refractivity contribution in [3.8, 4) is 6.07 Å². The molecule has 3 atom stereocenters. The number of nitriles is 1. The van der Waals surface area contributed by atoms with Crippen molar-refractivity contribution in [3.05, 3.63) is 101 Å². The molecule has 0 spiro atoms. The number of esters is 1. The van der Waals surface area contributed by atoms with Gasteiger partial charge >= 0.3 is 18.1 Å². The minimum absolute atomic E-state index is 0.0558. The molecule has 0 aliphatic carbocycles. The van der Waals surface area contributed by atoms with Gasteiger partial charge in [-0.25, -0.2) is 27.6 Å².